The minimum atomic E-state index is -1.02. The van der Waals surface area contributed by atoms with Gasteiger partial charge in [0.2, 0.25) is 17.7 Å². The molecule has 9 heteroatoms. The van der Waals surface area contributed by atoms with Crippen LogP contribution < -0.4 is 10.6 Å². The molecule has 2 aromatic rings. The second-order valence-corrected chi connectivity index (χ2v) is 12.6. The van der Waals surface area contributed by atoms with Crippen LogP contribution in [0.15, 0.2) is 23.7 Å². The van der Waals surface area contributed by atoms with Crippen molar-refractivity contribution in [3.05, 3.63) is 40.5 Å². The molecular formula is C29H37N5O3S. The van der Waals surface area contributed by atoms with Gasteiger partial charge in [-0.05, 0) is 68.6 Å². The molecule has 2 fully saturated rings. The number of likely N-dealkylation sites (tertiary alicyclic amines) is 1. The van der Waals surface area contributed by atoms with E-state index in [2.05, 4.69) is 33.8 Å². The second-order valence-electron chi connectivity index (χ2n) is 11.7. The second kappa shape index (κ2) is 10.5. The summed E-state index contributed by atoms with van der Waals surface area (Å²) in [7, 11) is 0. The van der Waals surface area contributed by atoms with Crippen LogP contribution in [0.1, 0.15) is 76.2 Å². The summed E-state index contributed by atoms with van der Waals surface area (Å²) in [6, 6.07) is 6.66. The predicted molar refractivity (Wildman–Crippen MR) is 147 cm³/mol. The molecule has 3 atom stereocenters. The third-order valence-electron chi connectivity index (χ3n) is 7.73. The molecule has 1 aliphatic heterocycles. The number of thiazole rings is 1. The van der Waals surface area contributed by atoms with E-state index < -0.39 is 28.8 Å². The van der Waals surface area contributed by atoms with Gasteiger partial charge in [0.05, 0.1) is 28.2 Å². The Hall–Kier alpha value is -3.25. The summed E-state index contributed by atoms with van der Waals surface area (Å²) in [4.78, 5) is 47.0. The number of nitriles is 1. The first-order chi connectivity index (χ1) is 17.9. The Bertz CT molecular complexity index is 1280. The summed E-state index contributed by atoms with van der Waals surface area (Å²) in [6.45, 7) is 12.1. The van der Waals surface area contributed by atoms with E-state index in [-0.39, 0.29) is 17.9 Å². The Labute approximate surface area is 228 Å². The predicted octanol–water partition coefficient (Wildman–Crippen LogP) is 4.43. The van der Waals surface area contributed by atoms with Crippen molar-refractivity contribution in [2.75, 3.05) is 6.54 Å². The van der Waals surface area contributed by atoms with Crippen molar-refractivity contribution >= 4 is 29.1 Å². The fourth-order valence-corrected chi connectivity index (χ4v) is 5.97. The van der Waals surface area contributed by atoms with Crippen LogP contribution in [-0.4, -0.2) is 46.2 Å². The number of amides is 3. The minimum Gasteiger partial charge on any atom is -0.348 e. The first-order valence-electron chi connectivity index (χ1n) is 13.2. The summed E-state index contributed by atoms with van der Waals surface area (Å²) in [5.41, 5.74) is 4.44. The number of benzene rings is 1. The fourth-order valence-electron chi connectivity index (χ4n) is 5.17. The van der Waals surface area contributed by atoms with Gasteiger partial charge in [0.1, 0.15) is 17.5 Å². The van der Waals surface area contributed by atoms with Crippen molar-refractivity contribution in [1.82, 2.24) is 20.5 Å². The number of rotatable bonds is 7. The lowest BCUT2D eigenvalue weighted by Crippen LogP contribution is -2.58. The number of hydrogen-bond acceptors (Lipinski definition) is 6. The maximum absolute atomic E-state index is 13.7. The highest BCUT2D eigenvalue weighted by molar-refractivity contribution is 7.13. The first-order valence-corrected chi connectivity index (χ1v) is 14.1. The number of aryl methyl sites for hydroxylation is 2. The van der Waals surface area contributed by atoms with Gasteiger partial charge in [-0.1, -0.05) is 39.0 Å². The number of carbonyl (C=O) groups excluding carboxylic acids is 3. The van der Waals surface area contributed by atoms with Crippen LogP contribution >= 0.6 is 11.3 Å². The average molecular weight is 536 g/mol. The Morgan fingerprint density at radius 2 is 1.92 bits per heavy atom. The van der Waals surface area contributed by atoms with E-state index in [1.54, 1.807) is 16.2 Å². The third kappa shape index (κ3) is 5.46. The largest absolute Gasteiger partial charge is 0.348 e. The summed E-state index contributed by atoms with van der Waals surface area (Å²) in [6.07, 6.45) is 2.31. The van der Waals surface area contributed by atoms with Gasteiger partial charge in [-0.3, -0.25) is 14.4 Å². The number of aromatic nitrogens is 1. The molecule has 8 nitrogen and oxygen atoms in total. The van der Waals surface area contributed by atoms with Crippen LogP contribution in [0.2, 0.25) is 0 Å². The molecule has 0 unspecified atom stereocenters. The van der Waals surface area contributed by atoms with Crippen molar-refractivity contribution in [3.8, 4) is 16.5 Å². The third-order valence-corrected chi connectivity index (χ3v) is 8.71. The highest BCUT2D eigenvalue weighted by Crippen LogP contribution is 2.45. The van der Waals surface area contributed by atoms with Crippen LogP contribution in [0.25, 0.3) is 10.4 Å². The fraction of sp³-hybridized carbons (Fsp3) is 0.552. The van der Waals surface area contributed by atoms with Gasteiger partial charge in [-0.25, -0.2) is 4.98 Å². The Morgan fingerprint density at radius 1 is 1.21 bits per heavy atom. The lowest BCUT2D eigenvalue weighted by molar-refractivity contribution is -0.144. The van der Waals surface area contributed by atoms with Gasteiger partial charge in [-0.15, -0.1) is 11.3 Å². The number of nitrogens with zero attached hydrogens (tertiary/aromatic N) is 3. The molecule has 1 aliphatic carbocycles. The Balaban J connectivity index is 1.46. The quantitative estimate of drug-likeness (QED) is 0.544. The number of hydrogen-bond donors (Lipinski definition) is 2. The molecule has 1 saturated heterocycles. The van der Waals surface area contributed by atoms with Gasteiger partial charge in [0, 0.05) is 6.54 Å². The first kappa shape index (κ1) is 27.8. The Kier molecular flexibility index (Phi) is 7.67. The molecule has 2 aliphatic rings. The molecule has 0 radical (unpaired) electrons. The van der Waals surface area contributed by atoms with Crippen molar-refractivity contribution in [1.29, 1.82) is 5.26 Å². The zero-order valence-electron chi connectivity index (χ0n) is 23.1. The molecule has 3 amide bonds. The van der Waals surface area contributed by atoms with E-state index in [0.717, 1.165) is 27.3 Å². The summed E-state index contributed by atoms with van der Waals surface area (Å²) in [5.74, 6) is -0.861. The number of carbonyl (C=O) groups is 3. The zero-order valence-corrected chi connectivity index (χ0v) is 23.9. The van der Waals surface area contributed by atoms with E-state index in [4.69, 9.17) is 0 Å². The van der Waals surface area contributed by atoms with Crippen LogP contribution in [0.4, 0.5) is 0 Å². The van der Waals surface area contributed by atoms with Crippen molar-refractivity contribution in [3.63, 3.8) is 0 Å². The van der Waals surface area contributed by atoms with Gasteiger partial charge in [0.25, 0.3) is 0 Å². The maximum atomic E-state index is 13.7. The zero-order chi connectivity index (χ0) is 27.8. The Morgan fingerprint density at radius 3 is 2.47 bits per heavy atom. The van der Waals surface area contributed by atoms with Crippen LogP contribution in [0.3, 0.4) is 0 Å². The van der Waals surface area contributed by atoms with E-state index >= 15 is 0 Å². The van der Waals surface area contributed by atoms with E-state index in [0.29, 0.717) is 32.2 Å². The monoisotopic (exact) mass is 535 g/mol. The molecule has 4 rings (SSSR count). The SMILES string of the molecule is Cc1cc(-c2scnc2C)ccc1[C@H](C)NC(=O)[C@@H]1CCCN1C(=O)[C@@H](NC(=O)C1(C#N)CC1)C(C)(C)C. The number of nitrogens with one attached hydrogen (secondary N) is 2. The topological polar surface area (TPSA) is 115 Å². The molecule has 202 valence electrons. The van der Waals surface area contributed by atoms with Gasteiger partial charge >= 0.3 is 0 Å². The van der Waals surface area contributed by atoms with Crippen molar-refractivity contribution in [2.45, 2.75) is 85.4 Å². The smallest absolute Gasteiger partial charge is 0.246 e. The van der Waals surface area contributed by atoms with Gasteiger partial charge in [0.15, 0.2) is 0 Å². The van der Waals surface area contributed by atoms with Gasteiger partial charge in [-0.2, -0.15) is 5.26 Å². The van der Waals surface area contributed by atoms with Crippen molar-refractivity contribution in [2.24, 2.45) is 10.8 Å². The molecular weight excluding hydrogens is 498 g/mol. The summed E-state index contributed by atoms with van der Waals surface area (Å²) >= 11 is 1.61. The van der Waals surface area contributed by atoms with Crippen LogP contribution in [-0.2, 0) is 14.4 Å². The van der Waals surface area contributed by atoms with E-state index in [1.165, 1.54) is 0 Å². The van der Waals surface area contributed by atoms with E-state index in [9.17, 15) is 19.6 Å². The molecule has 2 N–H and O–H groups in total. The highest BCUT2D eigenvalue weighted by atomic mass is 32.1. The summed E-state index contributed by atoms with van der Waals surface area (Å²) in [5, 5.41) is 15.4. The standard InChI is InChI=1S/C29H37N5O3S/c1-17-14-20(23-19(3)31-16-38-23)9-10-21(17)18(2)32-25(35)22-8-7-13-34(22)26(36)24(28(4,5)6)33-27(37)29(15-30)11-12-29/h9-10,14,16,18,22,24H,7-8,11-13H2,1-6H3,(H,32,35)(H,33,37)/t18-,22-,24+/m0/s1. The van der Waals surface area contributed by atoms with Crippen molar-refractivity contribution < 1.29 is 14.4 Å². The minimum absolute atomic E-state index is 0.195. The molecule has 1 saturated carbocycles. The molecule has 0 bridgehead atoms. The lowest BCUT2D eigenvalue weighted by Gasteiger charge is -2.36. The summed E-state index contributed by atoms with van der Waals surface area (Å²) < 4.78 is 0. The van der Waals surface area contributed by atoms with Crippen LogP contribution in [0.5, 0.6) is 0 Å². The van der Waals surface area contributed by atoms with E-state index in [1.807, 2.05) is 53.1 Å². The average Bonchev–Trinajstić information content (AvgIpc) is 3.28. The van der Waals surface area contributed by atoms with Gasteiger partial charge < -0.3 is 15.5 Å². The molecule has 1 aromatic carbocycles. The lowest BCUT2D eigenvalue weighted by atomic mass is 9.85. The maximum Gasteiger partial charge on any atom is 0.246 e. The molecule has 2 heterocycles. The normalized spacial score (nSPS) is 19.8. The molecule has 0 spiro atoms. The molecule has 1 aromatic heterocycles. The van der Waals surface area contributed by atoms with Crippen LogP contribution in [0, 0.1) is 36.0 Å². The highest BCUT2D eigenvalue weighted by Gasteiger charge is 2.53. The molecule has 38 heavy (non-hydrogen) atoms.